The van der Waals surface area contributed by atoms with Crippen LogP contribution >= 0.6 is 22.6 Å². The number of halogens is 1. The third-order valence-electron chi connectivity index (χ3n) is 2.29. The molecule has 1 aromatic rings. The van der Waals surface area contributed by atoms with Crippen LogP contribution in [0.5, 0.6) is 0 Å². The van der Waals surface area contributed by atoms with Crippen molar-refractivity contribution in [1.29, 1.82) is 0 Å². The molecule has 0 bridgehead atoms. The Labute approximate surface area is 108 Å². The fourth-order valence-corrected chi connectivity index (χ4v) is 1.80. The van der Waals surface area contributed by atoms with Gasteiger partial charge >= 0.3 is 0 Å². The highest BCUT2D eigenvalue weighted by Gasteiger charge is 2.16. The normalized spacial score (nSPS) is 12.2. The smallest absolute Gasteiger partial charge is 0.293 e. The quantitative estimate of drug-likeness (QED) is 0.492. The highest BCUT2D eigenvalue weighted by molar-refractivity contribution is 14.1. The van der Waals surface area contributed by atoms with Gasteiger partial charge in [0.2, 0.25) is 0 Å². The molecular formula is C10H14IN3O2. The fraction of sp³-hybridized carbons (Fsp3) is 0.400. The van der Waals surface area contributed by atoms with Gasteiger partial charge in [0.05, 0.1) is 4.92 Å². The van der Waals surface area contributed by atoms with Gasteiger partial charge in [0.25, 0.3) is 5.69 Å². The number of benzene rings is 1. The molecule has 0 aliphatic heterocycles. The molecule has 0 aromatic heterocycles. The Hall–Kier alpha value is -0.890. The molecule has 0 aliphatic carbocycles. The highest BCUT2D eigenvalue weighted by Crippen LogP contribution is 2.26. The van der Waals surface area contributed by atoms with Crippen LogP contribution in [0.2, 0.25) is 0 Å². The summed E-state index contributed by atoms with van der Waals surface area (Å²) in [4.78, 5) is 10.5. The zero-order valence-corrected chi connectivity index (χ0v) is 11.1. The molecule has 1 aromatic carbocycles. The van der Waals surface area contributed by atoms with Crippen molar-refractivity contribution in [2.75, 3.05) is 11.9 Å². The molecule has 0 radical (unpaired) electrons. The SMILES string of the molecule is CCC(CN)Nc1ccc(I)cc1[N+](=O)[O-]. The van der Waals surface area contributed by atoms with Crippen molar-refractivity contribution in [3.63, 3.8) is 0 Å². The molecule has 88 valence electrons. The van der Waals surface area contributed by atoms with E-state index in [4.69, 9.17) is 5.73 Å². The van der Waals surface area contributed by atoms with Gasteiger partial charge in [0, 0.05) is 22.2 Å². The maximum atomic E-state index is 10.9. The van der Waals surface area contributed by atoms with E-state index in [1.54, 1.807) is 12.1 Å². The first-order chi connectivity index (χ1) is 7.58. The summed E-state index contributed by atoms with van der Waals surface area (Å²) >= 11 is 2.05. The highest BCUT2D eigenvalue weighted by atomic mass is 127. The summed E-state index contributed by atoms with van der Waals surface area (Å²) in [5, 5.41) is 13.9. The van der Waals surface area contributed by atoms with E-state index in [0.717, 1.165) is 9.99 Å². The van der Waals surface area contributed by atoms with Crippen molar-refractivity contribution in [2.24, 2.45) is 5.73 Å². The largest absolute Gasteiger partial charge is 0.375 e. The van der Waals surface area contributed by atoms with Gasteiger partial charge < -0.3 is 11.1 Å². The summed E-state index contributed by atoms with van der Waals surface area (Å²) in [6, 6.07) is 5.17. The van der Waals surface area contributed by atoms with E-state index >= 15 is 0 Å². The number of nitrogens with two attached hydrogens (primary N) is 1. The number of anilines is 1. The van der Waals surface area contributed by atoms with Gasteiger partial charge in [-0.15, -0.1) is 0 Å². The lowest BCUT2D eigenvalue weighted by Crippen LogP contribution is -2.28. The number of nitro groups is 1. The number of nitro benzene ring substituents is 1. The molecule has 16 heavy (non-hydrogen) atoms. The summed E-state index contributed by atoms with van der Waals surface area (Å²) in [5.74, 6) is 0. The standard InChI is InChI=1S/C10H14IN3O2/c1-2-8(6-12)13-9-4-3-7(11)5-10(9)14(15)16/h3-5,8,13H,2,6,12H2,1H3. The van der Waals surface area contributed by atoms with Gasteiger partial charge in [-0.25, -0.2) is 0 Å². The van der Waals surface area contributed by atoms with Crippen LogP contribution in [-0.4, -0.2) is 17.5 Å². The third kappa shape index (κ3) is 3.31. The average Bonchev–Trinajstić information content (AvgIpc) is 2.27. The molecule has 3 N–H and O–H groups in total. The van der Waals surface area contributed by atoms with Crippen molar-refractivity contribution >= 4 is 34.0 Å². The van der Waals surface area contributed by atoms with Crippen molar-refractivity contribution in [1.82, 2.24) is 0 Å². The second kappa shape index (κ2) is 6.00. The molecule has 1 unspecified atom stereocenters. The van der Waals surface area contributed by atoms with Gasteiger partial charge in [-0.1, -0.05) is 6.92 Å². The Morgan fingerprint density at radius 2 is 2.31 bits per heavy atom. The van der Waals surface area contributed by atoms with E-state index in [2.05, 4.69) is 27.9 Å². The minimum Gasteiger partial charge on any atom is -0.375 e. The van der Waals surface area contributed by atoms with E-state index in [-0.39, 0.29) is 16.7 Å². The van der Waals surface area contributed by atoms with Crippen LogP contribution in [0.25, 0.3) is 0 Å². The first kappa shape index (κ1) is 13.2. The van der Waals surface area contributed by atoms with Crippen LogP contribution in [0.1, 0.15) is 13.3 Å². The second-order valence-electron chi connectivity index (χ2n) is 3.40. The van der Waals surface area contributed by atoms with Crippen LogP contribution < -0.4 is 11.1 Å². The lowest BCUT2D eigenvalue weighted by Gasteiger charge is -2.15. The third-order valence-corrected chi connectivity index (χ3v) is 2.96. The number of hydrogen-bond acceptors (Lipinski definition) is 4. The van der Waals surface area contributed by atoms with E-state index in [1.807, 2.05) is 13.0 Å². The summed E-state index contributed by atoms with van der Waals surface area (Å²) < 4.78 is 0.843. The maximum Gasteiger partial charge on any atom is 0.293 e. The molecule has 0 saturated carbocycles. The molecule has 5 nitrogen and oxygen atoms in total. The number of nitrogens with zero attached hydrogens (tertiary/aromatic N) is 1. The summed E-state index contributed by atoms with van der Waals surface area (Å²) in [5.41, 5.74) is 6.18. The topological polar surface area (TPSA) is 81.2 Å². The zero-order valence-electron chi connectivity index (χ0n) is 8.94. The first-order valence-corrected chi connectivity index (χ1v) is 6.07. The molecular weight excluding hydrogens is 321 g/mol. The Morgan fingerprint density at radius 1 is 1.62 bits per heavy atom. The van der Waals surface area contributed by atoms with E-state index in [1.165, 1.54) is 0 Å². The van der Waals surface area contributed by atoms with Gasteiger partial charge in [-0.2, -0.15) is 0 Å². The lowest BCUT2D eigenvalue weighted by molar-refractivity contribution is -0.384. The number of rotatable bonds is 5. The molecule has 0 aliphatic rings. The Bertz CT molecular complexity index is 380. The molecule has 0 saturated heterocycles. The minimum absolute atomic E-state index is 0.0683. The van der Waals surface area contributed by atoms with Gasteiger partial charge in [0.15, 0.2) is 0 Å². The van der Waals surface area contributed by atoms with Crippen LogP contribution in [-0.2, 0) is 0 Å². The van der Waals surface area contributed by atoms with Crippen molar-refractivity contribution in [3.8, 4) is 0 Å². The van der Waals surface area contributed by atoms with E-state index in [0.29, 0.717) is 12.2 Å². The summed E-state index contributed by atoms with van der Waals surface area (Å²) in [6.07, 6.45) is 0.833. The molecule has 1 atom stereocenters. The Morgan fingerprint density at radius 3 is 2.81 bits per heavy atom. The molecule has 0 spiro atoms. The Kier molecular flexibility index (Phi) is 4.94. The fourth-order valence-electron chi connectivity index (χ4n) is 1.33. The molecule has 0 fully saturated rings. The number of nitrogens with one attached hydrogen (secondary N) is 1. The predicted molar refractivity (Wildman–Crippen MR) is 72.6 cm³/mol. The van der Waals surface area contributed by atoms with Gasteiger partial charge in [-0.3, -0.25) is 10.1 Å². The van der Waals surface area contributed by atoms with Crippen LogP contribution in [0.4, 0.5) is 11.4 Å². The molecule has 6 heteroatoms. The van der Waals surface area contributed by atoms with Crippen molar-refractivity contribution in [3.05, 3.63) is 31.9 Å². The predicted octanol–water partition coefficient (Wildman–Crippen LogP) is 2.35. The first-order valence-electron chi connectivity index (χ1n) is 4.99. The maximum absolute atomic E-state index is 10.9. The average molecular weight is 335 g/mol. The van der Waals surface area contributed by atoms with Crippen LogP contribution in [0.15, 0.2) is 18.2 Å². The molecule has 1 rings (SSSR count). The minimum atomic E-state index is -0.381. The van der Waals surface area contributed by atoms with Gasteiger partial charge in [-0.05, 0) is 41.1 Å². The van der Waals surface area contributed by atoms with Crippen molar-refractivity contribution < 1.29 is 4.92 Å². The monoisotopic (exact) mass is 335 g/mol. The summed E-state index contributed by atoms with van der Waals surface area (Å²) in [6.45, 7) is 2.45. The lowest BCUT2D eigenvalue weighted by atomic mass is 10.2. The van der Waals surface area contributed by atoms with Crippen molar-refractivity contribution in [2.45, 2.75) is 19.4 Å². The van der Waals surface area contributed by atoms with E-state index < -0.39 is 0 Å². The van der Waals surface area contributed by atoms with Crippen LogP contribution in [0.3, 0.4) is 0 Å². The van der Waals surface area contributed by atoms with Crippen LogP contribution in [0, 0.1) is 13.7 Å². The zero-order chi connectivity index (χ0) is 12.1. The Balaban J connectivity index is 2.98. The van der Waals surface area contributed by atoms with E-state index in [9.17, 15) is 10.1 Å². The van der Waals surface area contributed by atoms with Gasteiger partial charge in [0.1, 0.15) is 5.69 Å². The molecule has 0 amide bonds. The second-order valence-corrected chi connectivity index (χ2v) is 4.65. The number of hydrogen-bond donors (Lipinski definition) is 2. The molecule has 0 heterocycles. The summed E-state index contributed by atoms with van der Waals surface area (Å²) in [7, 11) is 0.